The summed E-state index contributed by atoms with van der Waals surface area (Å²) < 4.78 is 7.13. The van der Waals surface area contributed by atoms with E-state index in [4.69, 9.17) is 4.74 Å². The van der Waals surface area contributed by atoms with Gasteiger partial charge in [0.25, 0.3) is 0 Å². The summed E-state index contributed by atoms with van der Waals surface area (Å²) in [6.45, 7) is 7.10. The van der Waals surface area contributed by atoms with Gasteiger partial charge in [0.2, 0.25) is 0 Å². The van der Waals surface area contributed by atoms with E-state index in [1.807, 2.05) is 6.92 Å². The SMILES string of the molecule is CCn1ncc(OC)c1C(=O)C1(CC(C)C)CCCC1. The van der Waals surface area contributed by atoms with E-state index in [2.05, 4.69) is 18.9 Å². The van der Waals surface area contributed by atoms with Crippen LogP contribution in [0.25, 0.3) is 0 Å². The molecule has 0 atom stereocenters. The van der Waals surface area contributed by atoms with E-state index in [-0.39, 0.29) is 11.2 Å². The number of hydrogen-bond acceptors (Lipinski definition) is 3. The molecule has 0 saturated heterocycles. The van der Waals surface area contributed by atoms with Crippen LogP contribution in [-0.4, -0.2) is 22.7 Å². The predicted octanol–water partition coefficient (Wildman–Crippen LogP) is 3.70. The van der Waals surface area contributed by atoms with Crippen molar-refractivity contribution in [3.05, 3.63) is 11.9 Å². The summed E-state index contributed by atoms with van der Waals surface area (Å²) in [6.07, 6.45) is 6.94. The van der Waals surface area contributed by atoms with E-state index in [0.717, 1.165) is 32.1 Å². The Morgan fingerprint density at radius 1 is 1.45 bits per heavy atom. The second-order valence-corrected chi connectivity index (χ2v) is 6.29. The van der Waals surface area contributed by atoms with Crippen LogP contribution in [0.15, 0.2) is 6.20 Å². The van der Waals surface area contributed by atoms with Gasteiger partial charge in [-0.1, -0.05) is 26.7 Å². The molecule has 4 heteroatoms. The summed E-state index contributed by atoms with van der Waals surface area (Å²) in [5.74, 6) is 1.38. The summed E-state index contributed by atoms with van der Waals surface area (Å²) in [6, 6.07) is 0. The van der Waals surface area contributed by atoms with Gasteiger partial charge in [-0.25, -0.2) is 0 Å². The number of rotatable bonds is 6. The summed E-state index contributed by atoms with van der Waals surface area (Å²) >= 11 is 0. The number of carbonyl (C=O) groups is 1. The fraction of sp³-hybridized carbons (Fsp3) is 0.750. The molecule has 0 radical (unpaired) electrons. The number of aromatic nitrogens is 2. The van der Waals surface area contributed by atoms with Crippen LogP contribution < -0.4 is 4.74 Å². The summed E-state index contributed by atoms with van der Waals surface area (Å²) in [5.41, 5.74) is 0.464. The van der Waals surface area contributed by atoms with Gasteiger partial charge in [0.05, 0.1) is 13.3 Å². The molecule has 1 aromatic heterocycles. The molecule has 4 nitrogen and oxygen atoms in total. The van der Waals surface area contributed by atoms with Crippen molar-refractivity contribution in [1.82, 2.24) is 9.78 Å². The van der Waals surface area contributed by atoms with Crippen LogP contribution in [0.1, 0.15) is 63.4 Å². The van der Waals surface area contributed by atoms with Crippen LogP contribution in [0, 0.1) is 11.3 Å². The van der Waals surface area contributed by atoms with Crippen molar-refractivity contribution < 1.29 is 9.53 Å². The van der Waals surface area contributed by atoms with Crippen molar-refractivity contribution in [2.75, 3.05) is 7.11 Å². The molecule has 20 heavy (non-hydrogen) atoms. The molecule has 1 aromatic rings. The van der Waals surface area contributed by atoms with E-state index in [1.54, 1.807) is 18.0 Å². The van der Waals surface area contributed by atoms with E-state index in [9.17, 15) is 4.79 Å². The minimum Gasteiger partial charge on any atom is -0.493 e. The first-order valence-electron chi connectivity index (χ1n) is 7.68. The molecule has 0 aliphatic heterocycles. The monoisotopic (exact) mass is 278 g/mol. The highest BCUT2D eigenvalue weighted by atomic mass is 16.5. The molecule has 112 valence electrons. The van der Waals surface area contributed by atoms with E-state index in [1.165, 1.54) is 0 Å². The highest BCUT2D eigenvalue weighted by Gasteiger charge is 2.44. The maximum absolute atomic E-state index is 13.2. The maximum Gasteiger partial charge on any atom is 0.190 e. The molecule has 0 unspecified atom stereocenters. The van der Waals surface area contributed by atoms with Gasteiger partial charge in [0, 0.05) is 12.0 Å². The van der Waals surface area contributed by atoms with Crippen molar-refractivity contribution in [2.45, 2.75) is 59.4 Å². The number of ether oxygens (including phenoxy) is 1. The molecular formula is C16H26N2O2. The van der Waals surface area contributed by atoms with Gasteiger partial charge in [0.15, 0.2) is 11.5 Å². The fourth-order valence-corrected chi connectivity index (χ4v) is 3.59. The van der Waals surface area contributed by atoms with Gasteiger partial charge in [0.1, 0.15) is 5.69 Å². The predicted molar refractivity (Wildman–Crippen MR) is 79.1 cm³/mol. The van der Waals surface area contributed by atoms with Crippen molar-refractivity contribution >= 4 is 5.78 Å². The Balaban J connectivity index is 2.39. The van der Waals surface area contributed by atoms with Crippen LogP contribution in [0.2, 0.25) is 0 Å². The Morgan fingerprint density at radius 2 is 2.10 bits per heavy atom. The zero-order valence-electron chi connectivity index (χ0n) is 13.1. The second kappa shape index (κ2) is 5.98. The smallest absolute Gasteiger partial charge is 0.190 e. The van der Waals surface area contributed by atoms with Crippen LogP contribution >= 0.6 is 0 Å². The normalized spacial score (nSPS) is 17.6. The molecule has 0 amide bonds. The van der Waals surface area contributed by atoms with Gasteiger partial charge >= 0.3 is 0 Å². The Morgan fingerprint density at radius 3 is 2.60 bits per heavy atom. The van der Waals surface area contributed by atoms with Crippen LogP contribution in [-0.2, 0) is 6.54 Å². The number of Topliss-reactive ketones (excluding diaryl/α,β-unsaturated/α-hetero) is 1. The summed E-state index contributed by atoms with van der Waals surface area (Å²) in [7, 11) is 1.61. The third-order valence-corrected chi connectivity index (χ3v) is 4.38. The molecule has 0 bridgehead atoms. The summed E-state index contributed by atoms with van der Waals surface area (Å²) in [4.78, 5) is 13.2. The maximum atomic E-state index is 13.2. The van der Waals surface area contributed by atoms with E-state index < -0.39 is 0 Å². The van der Waals surface area contributed by atoms with Gasteiger partial charge < -0.3 is 4.74 Å². The number of ketones is 1. The van der Waals surface area contributed by atoms with Gasteiger partial charge in [-0.3, -0.25) is 9.48 Å². The first-order chi connectivity index (χ1) is 9.54. The lowest BCUT2D eigenvalue weighted by Crippen LogP contribution is -2.32. The van der Waals surface area contributed by atoms with Crippen molar-refractivity contribution in [3.8, 4) is 5.75 Å². The third-order valence-electron chi connectivity index (χ3n) is 4.38. The highest BCUT2D eigenvalue weighted by molar-refractivity contribution is 6.01. The lowest BCUT2D eigenvalue weighted by Gasteiger charge is -2.29. The quantitative estimate of drug-likeness (QED) is 0.745. The molecule has 1 fully saturated rings. The van der Waals surface area contributed by atoms with E-state index in [0.29, 0.717) is 23.9 Å². The minimum atomic E-state index is -0.200. The van der Waals surface area contributed by atoms with Crippen molar-refractivity contribution in [1.29, 1.82) is 0 Å². The first kappa shape index (κ1) is 15.1. The number of hydrogen-bond donors (Lipinski definition) is 0. The largest absolute Gasteiger partial charge is 0.493 e. The Hall–Kier alpha value is -1.32. The average Bonchev–Trinajstić information content (AvgIpc) is 3.03. The number of aryl methyl sites for hydroxylation is 1. The fourth-order valence-electron chi connectivity index (χ4n) is 3.59. The second-order valence-electron chi connectivity index (χ2n) is 6.29. The topological polar surface area (TPSA) is 44.1 Å². The van der Waals surface area contributed by atoms with Crippen molar-refractivity contribution in [2.24, 2.45) is 11.3 Å². The van der Waals surface area contributed by atoms with Gasteiger partial charge in [-0.2, -0.15) is 5.10 Å². The third kappa shape index (κ3) is 2.60. The van der Waals surface area contributed by atoms with Gasteiger partial charge in [-0.05, 0) is 32.1 Å². The van der Waals surface area contributed by atoms with E-state index >= 15 is 0 Å². The molecule has 1 aliphatic rings. The van der Waals surface area contributed by atoms with Crippen LogP contribution in [0.5, 0.6) is 5.75 Å². The Labute approximate surface area is 121 Å². The number of methoxy groups -OCH3 is 1. The molecular weight excluding hydrogens is 252 g/mol. The molecule has 0 N–H and O–H groups in total. The lowest BCUT2D eigenvalue weighted by molar-refractivity contribution is 0.0744. The number of carbonyl (C=O) groups excluding carboxylic acids is 1. The molecule has 0 spiro atoms. The summed E-state index contributed by atoms with van der Waals surface area (Å²) in [5, 5.41) is 4.28. The molecule has 2 rings (SSSR count). The molecule has 1 saturated carbocycles. The molecule has 0 aromatic carbocycles. The Kier molecular flexibility index (Phi) is 4.51. The van der Waals surface area contributed by atoms with Gasteiger partial charge in [-0.15, -0.1) is 0 Å². The standard InChI is InChI=1S/C16H26N2O2/c1-5-18-14(13(20-4)11-17-18)15(19)16(10-12(2)3)8-6-7-9-16/h11-12H,5-10H2,1-4H3. The molecule has 1 heterocycles. The van der Waals surface area contributed by atoms with Crippen LogP contribution in [0.4, 0.5) is 0 Å². The highest BCUT2D eigenvalue weighted by Crippen LogP contribution is 2.46. The minimum absolute atomic E-state index is 0.200. The van der Waals surface area contributed by atoms with Crippen LogP contribution in [0.3, 0.4) is 0 Å². The number of nitrogens with zero attached hydrogens (tertiary/aromatic N) is 2. The zero-order valence-corrected chi connectivity index (χ0v) is 13.1. The lowest BCUT2D eigenvalue weighted by atomic mass is 9.74. The van der Waals surface area contributed by atoms with Crippen molar-refractivity contribution in [3.63, 3.8) is 0 Å². The average molecular weight is 278 g/mol. The zero-order chi connectivity index (χ0) is 14.8. The molecule has 1 aliphatic carbocycles. The Bertz CT molecular complexity index is 449. The first-order valence-corrected chi connectivity index (χ1v) is 7.68.